The molecule has 0 fully saturated rings. The molecule has 1 N–H and O–H groups in total. The molecule has 1 aliphatic rings. The van der Waals surface area contributed by atoms with Gasteiger partial charge in [-0.1, -0.05) is 11.6 Å². The molecule has 3 aromatic rings. The van der Waals surface area contributed by atoms with E-state index in [1.165, 1.54) is 16.0 Å². The van der Waals surface area contributed by atoms with Crippen LogP contribution < -0.4 is 10.1 Å². The second kappa shape index (κ2) is 5.87. The number of hydrogen-bond acceptors (Lipinski definition) is 4. The normalized spacial score (nSPS) is 12.4. The van der Waals surface area contributed by atoms with Crippen molar-refractivity contribution in [1.29, 1.82) is 0 Å². The van der Waals surface area contributed by atoms with E-state index in [0.717, 1.165) is 40.1 Å². The van der Waals surface area contributed by atoms with Gasteiger partial charge in [-0.25, -0.2) is 4.98 Å². The third-order valence-electron chi connectivity index (χ3n) is 3.98. The number of nitrogens with zero attached hydrogens (tertiary/aromatic N) is 1. The molecule has 1 aliphatic carbocycles. The largest absolute Gasteiger partial charge is 0.497 e. The Morgan fingerprint density at radius 3 is 2.74 bits per heavy atom. The third-order valence-corrected chi connectivity index (χ3v) is 5.26. The number of hydrogen-bond donors (Lipinski definition) is 1. The summed E-state index contributed by atoms with van der Waals surface area (Å²) in [5.41, 5.74) is 4.61. The summed E-state index contributed by atoms with van der Waals surface area (Å²) in [6, 6.07) is 13.9. The zero-order valence-corrected chi connectivity index (χ0v) is 14.2. The minimum absolute atomic E-state index is 0.733. The number of fused-ring (bicyclic) bond motifs is 3. The Morgan fingerprint density at radius 1 is 1.13 bits per heavy atom. The fourth-order valence-corrected chi connectivity index (χ4v) is 3.95. The molecule has 5 heteroatoms. The molecule has 0 atom stereocenters. The van der Waals surface area contributed by atoms with Crippen molar-refractivity contribution in [2.75, 3.05) is 12.4 Å². The van der Waals surface area contributed by atoms with Gasteiger partial charge in [-0.05, 0) is 60.9 Å². The molecule has 0 saturated heterocycles. The Hall–Kier alpha value is -2.04. The summed E-state index contributed by atoms with van der Waals surface area (Å²) in [7, 11) is 1.70. The van der Waals surface area contributed by atoms with E-state index in [2.05, 4.69) is 17.4 Å². The predicted molar refractivity (Wildman–Crippen MR) is 96.2 cm³/mol. The van der Waals surface area contributed by atoms with Crippen molar-refractivity contribution in [3.8, 4) is 17.0 Å². The van der Waals surface area contributed by atoms with Gasteiger partial charge >= 0.3 is 0 Å². The lowest BCUT2D eigenvalue weighted by Crippen LogP contribution is -2.02. The van der Waals surface area contributed by atoms with Gasteiger partial charge < -0.3 is 10.1 Å². The molecule has 0 bridgehead atoms. The van der Waals surface area contributed by atoms with Crippen molar-refractivity contribution < 1.29 is 4.74 Å². The number of aryl methyl sites for hydroxylation is 2. The summed E-state index contributed by atoms with van der Waals surface area (Å²) in [5.74, 6) is 0.905. The first-order valence-electron chi connectivity index (χ1n) is 7.42. The van der Waals surface area contributed by atoms with Crippen molar-refractivity contribution in [1.82, 2.24) is 4.98 Å². The van der Waals surface area contributed by atoms with Crippen molar-refractivity contribution in [2.24, 2.45) is 0 Å². The lowest BCUT2D eigenvalue weighted by Gasteiger charge is -2.15. The van der Waals surface area contributed by atoms with Crippen LogP contribution in [-0.4, -0.2) is 12.1 Å². The van der Waals surface area contributed by atoms with Gasteiger partial charge in [-0.15, -0.1) is 11.3 Å². The zero-order valence-electron chi connectivity index (χ0n) is 12.6. The molecule has 4 rings (SSSR count). The smallest absolute Gasteiger partial charge is 0.187 e. The van der Waals surface area contributed by atoms with E-state index >= 15 is 0 Å². The van der Waals surface area contributed by atoms with Crippen LogP contribution in [0.5, 0.6) is 5.75 Å². The Morgan fingerprint density at radius 2 is 1.96 bits per heavy atom. The van der Waals surface area contributed by atoms with E-state index in [1.807, 2.05) is 30.3 Å². The van der Waals surface area contributed by atoms with Gasteiger partial charge in [0.1, 0.15) is 5.75 Å². The highest BCUT2D eigenvalue weighted by Crippen LogP contribution is 2.40. The SMILES string of the molecule is COc1ccc2c(c1)CCc1sc(Nc3ccc(Cl)cc3)nc1-2. The van der Waals surface area contributed by atoms with Crippen LogP contribution in [0.25, 0.3) is 11.3 Å². The number of nitrogens with one attached hydrogen (secondary N) is 1. The second-order valence-corrected chi connectivity index (χ2v) is 6.97. The molecule has 3 nitrogen and oxygen atoms in total. The zero-order chi connectivity index (χ0) is 15.8. The molecule has 2 aromatic carbocycles. The molecule has 0 aliphatic heterocycles. The molecule has 116 valence electrons. The van der Waals surface area contributed by atoms with Crippen molar-refractivity contribution in [3.05, 3.63) is 57.9 Å². The molecular formula is C18H15ClN2OS. The highest BCUT2D eigenvalue weighted by atomic mass is 35.5. The first-order valence-corrected chi connectivity index (χ1v) is 8.62. The standard InChI is InChI=1S/C18H15ClN2OS/c1-22-14-7-8-15-11(10-14)2-9-16-17(15)21-18(23-16)20-13-5-3-12(19)4-6-13/h3-8,10H,2,9H2,1H3,(H,20,21). The highest BCUT2D eigenvalue weighted by Gasteiger charge is 2.21. The van der Waals surface area contributed by atoms with Crippen LogP contribution >= 0.6 is 22.9 Å². The topological polar surface area (TPSA) is 34.1 Å². The number of methoxy groups -OCH3 is 1. The van der Waals surface area contributed by atoms with Crippen LogP contribution in [0.2, 0.25) is 5.02 Å². The summed E-state index contributed by atoms with van der Waals surface area (Å²) < 4.78 is 5.32. The monoisotopic (exact) mass is 342 g/mol. The maximum atomic E-state index is 5.93. The maximum Gasteiger partial charge on any atom is 0.187 e. The van der Waals surface area contributed by atoms with Gasteiger partial charge in [0.05, 0.1) is 12.8 Å². The molecule has 0 radical (unpaired) electrons. The van der Waals surface area contributed by atoms with Crippen LogP contribution in [0.15, 0.2) is 42.5 Å². The number of halogens is 1. The van der Waals surface area contributed by atoms with E-state index in [0.29, 0.717) is 0 Å². The summed E-state index contributed by atoms with van der Waals surface area (Å²) in [6.07, 6.45) is 2.05. The van der Waals surface area contributed by atoms with E-state index < -0.39 is 0 Å². The fraction of sp³-hybridized carbons (Fsp3) is 0.167. The Bertz CT molecular complexity index is 858. The minimum Gasteiger partial charge on any atom is -0.497 e. The average Bonchev–Trinajstić information content (AvgIpc) is 2.99. The second-order valence-electron chi connectivity index (χ2n) is 5.45. The molecule has 0 saturated carbocycles. The first-order chi connectivity index (χ1) is 11.2. The number of ether oxygens (including phenoxy) is 1. The number of thiazole rings is 1. The van der Waals surface area contributed by atoms with E-state index in [4.69, 9.17) is 21.3 Å². The number of aromatic nitrogens is 1. The van der Waals surface area contributed by atoms with Crippen LogP contribution in [-0.2, 0) is 12.8 Å². The molecule has 1 aromatic heterocycles. The van der Waals surface area contributed by atoms with Crippen molar-refractivity contribution in [3.63, 3.8) is 0 Å². The molecule has 23 heavy (non-hydrogen) atoms. The quantitative estimate of drug-likeness (QED) is 0.700. The first kappa shape index (κ1) is 14.5. The van der Waals surface area contributed by atoms with Gasteiger partial charge in [0.25, 0.3) is 0 Å². The summed E-state index contributed by atoms with van der Waals surface area (Å²) in [5, 5.41) is 5.02. The summed E-state index contributed by atoms with van der Waals surface area (Å²) >= 11 is 7.65. The fourth-order valence-electron chi connectivity index (χ4n) is 2.82. The Balaban J connectivity index is 1.67. The van der Waals surface area contributed by atoms with Gasteiger partial charge in [0.2, 0.25) is 0 Å². The van der Waals surface area contributed by atoms with Crippen LogP contribution in [0.4, 0.5) is 10.8 Å². The van der Waals surface area contributed by atoms with Crippen LogP contribution in [0.3, 0.4) is 0 Å². The number of anilines is 2. The highest BCUT2D eigenvalue weighted by molar-refractivity contribution is 7.16. The molecular weight excluding hydrogens is 328 g/mol. The van der Waals surface area contributed by atoms with E-state index in [-0.39, 0.29) is 0 Å². The maximum absolute atomic E-state index is 5.93. The van der Waals surface area contributed by atoms with Gasteiger partial charge in [-0.3, -0.25) is 0 Å². The predicted octanol–water partition coefficient (Wildman–Crippen LogP) is 5.31. The Kier molecular flexibility index (Phi) is 3.71. The van der Waals surface area contributed by atoms with Crippen molar-refractivity contribution >= 4 is 33.8 Å². The van der Waals surface area contributed by atoms with Crippen molar-refractivity contribution in [2.45, 2.75) is 12.8 Å². The summed E-state index contributed by atoms with van der Waals surface area (Å²) in [6.45, 7) is 0. The minimum atomic E-state index is 0.733. The van der Waals surface area contributed by atoms with E-state index in [9.17, 15) is 0 Å². The Labute approximate surface area is 143 Å². The number of rotatable bonds is 3. The lowest BCUT2D eigenvalue weighted by molar-refractivity contribution is 0.414. The average molecular weight is 343 g/mol. The summed E-state index contributed by atoms with van der Waals surface area (Å²) in [4.78, 5) is 6.13. The van der Waals surface area contributed by atoms with Gasteiger partial charge in [-0.2, -0.15) is 0 Å². The van der Waals surface area contributed by atoms with Gasteiger partial charge in [0.15, 0.2) is 5.13 Å². The van der Waals surface area contributed by atoms with E-state index in [1.54, 1.807) is 18.4 Å². The molecule has 1 heterocycles. The van der Waals surface area contributed by atoms with Crippen LogP contribution in [0, 0.1) is 0 Å². The number of benzene rings is 2. The molecule has 0 spiro atoms. The van der Waals surface area contributed by atoms with Crippen LogP contribution in [0.1, 0.15) is 10.4 Å². The van der Waals surface area contributed by atoms with Gasteiger partial charge in [0, 0.05) is 21.2 Å². The molecule has 0 unspecified atom stereocenters. The molecule has 0 amide bonds. The lowest BCUT2D eigenvalue weighted by atomic mass is 9.93. The third kappa shape index (κ3) is 2.80.